The van der Waals surface area contributed by atoms with E-state index < -0.39 is 0 Å². The number of hydrogen-bond donors (Lipinski definition) is 0. The number of aryl methyl sites for hydroxylation is 1. The van der Waals surface area contributed by atoms with Crippen molar-refractivity contribution in [2.45, 2.75) is 13.0 Å². The molecule has 2 aliphatic rings. The number of amides is 1. The Labute approximate surface area is 159 Å². The molecule has 27 heavy (non-hydrogen) atoms. The van der Waals surface area contributed by atoms with Crippen LogP contribution in [-0.2, 0) is 24.8 Å². The Morgan fingerprint density at radius 2 is 2.11 bits per heavy atom. The largest absolute Gasteiger partial charge is 0.497 e. The van der Waals surface area contributed by atoms with Crippen LogP contribution in [-0.4, -0.2) is 65.2 Å². The number of rotatable bonds is 4. The van der Waals surface area contributed by atoms with Gasteiger partial charge in [-0.1, -0.05) is 0 Å². The van der Waals surface area contributed by atoms with Gasteiger partial charge in [-0.25, -0.2) is 4.98 Å². The van der Waals surface area contributed by atoms with Gasteiger partial charge < -0.3 is 18.9 Å². The van der Waals surface area contributed by atoms with Gasteiger partial charge in [0.2, 0.25) is 5.91 Å². The minimum Gasteiger partial charge on any atom is -0.497 e. The van der Waals surface area contributed by atoms with Gasteiger partial charge in [0.05, 0.1) is 19.6 Å². The summed E-state index contributed by atoms with van der Waals surface area (Å²) < 4.78 is 13.2. The van der Waals surface area contributed by atoms with Gasteiger partial charge >= 0.3 is 0 Å². The highest BCUT2D eigenvalue weighted by molar-refractivity contribution is 5.80. The van der Waals surface area contributed by atoms with Crippen LogP contribution >= 0.6 is 0 Å². The van der Waals surface area contributed by atoms with E-state index in [9.17, 15) is 4.79 Å². The summed E-state index contributed by atoms with van der Waals surface area (Å²) in [7, 11) is 3.66. The van der Waals surface area contributed by atoms with Gasteiger partial charge in [0, 0.05) is 45.6 Å². The topological polar surface area (TPSA) is 59.8 Å². The highest BCUT2D eigenvalue weighted by Crippen LogP contribution is 2.31. The van der Waals surface area contributed by atoms with Crippen molar-refractivity contribution in [2.24, 2.45) is 13.0 Å². The van der Waals surface area contributed by atoms with Crippen LogP contribution in [0.15, 0.2) is 30.6 Å². The van der Waals surface area contributed by atoms with Crippen LogP contribution in [0.1, 0.15) is 11.4 Å². The number of methoxy groups -OCH3 is 1. The summed E-state index contributed by atoms with van der Waals surface area (Å²) >= 11 is 0. The van der Waals surface area contributed by atoms with Crippen molar-refractivity contribution in [2.75, 3.05) is 39.9 Å². The SMILES string of the molecule is COc1ccc2c(c1)CC(C(=O)N1CCN(Cc3nccn3C)CC1)CO2. The van der Waals surface area contributed by atoms with Crippen molar-refractivity contribution >= 4 is 5.91 Å². The molecule has 1 unspecified atom stereocenters. The number of imidazole rings is 1. The second kappa shape index (κ2) is 7.60. The number of nitrogens with zero attached hydrogens (tertiary/aromatic N) is 4. The number of carbonyl (C=O) groups excluding carboxylic acids is 1. The van der Waals surface area contributed by atoms with E-state index in [2.05, 4.69) is 9.88 Å². The van der Waals surface area contributed by atoms with Crippen LogP contribution in [0.5, 0.6) is 11.5 Å². The van der Waals surface area contributed by atoms with Gasteiger partial charge in [0.1, 0.15) is 23.9 Å². The van der Waals surface area contributed by atoms with Crippen LogP contribution in [0, 0.1) is 5.92 Å². The van der Waals surface area contributed by atoms with Gasteiger partial charge in [-0.3, -0.25) is 9.69 Å². The second-order valence-corrected chi connectivity index (χ2v) is 7.24. The Bertz CT molecular complexity index is 811. The normalized spacial score (nSPS) is 20.1. The molecule has 1 fully saturated rings. The maximum absolute atomic E-state index is 13.0. The lowest BCUT2D eigenvalue weighted by molar-refractivity contribution is -0.138. The second-order valence-electron chi connectivity index (χ2n) is 7.24. The molecule has 0 radical (unpaired) electrons. The molecule has 0 saturated carbocycles. The Hall–Kier alpha value is -2.54. The fourth-order valence-electron chi connectivity index (χ4n) is 3.79. The van der Waals surface area contributed by atoms with E-state index in [0.717, 1.165) is 55.6 Å². The van der Waals surface area contributed by atoms with E-state index >= 15 is 0 Å². The van der Waals surface area contributed by atoms with E-state index in [0.29, 0.717) is 13.0 Å². The number of benzene rings is 1. The van der Waals surface area contributed by atoms with Crippen molar-refractivity contribution in [3.05, 3.63) is 42.0 Å². The summed E-state index contributed by atoms with van der Waals surface area (Å²) in [5.41, 5.74) is 1.05. The summed E-state index contributed by atoms with van der Waals surface area (Å²) in [5.74, 6) is 2.79. The summed E-state index contributed by atoms with van der Waals surface area (Å²) in [5, 5.41) is 0. The van der Waals surface area contributed by atoms with Gasteiger partial charge in [0.25, 0.3) is 0 Å². The minimum absolute atomic E-state index is 0.120. The molecule has 1 saturated heterocycles. The quantitative estimate of drug-likeness (QED) is 0.813. The third-order valence-electron chi connectivity index (χ3n) is 5.49. The van der Waals surface area contributed by atoms with Gasteiger partial charge in [-0.2, -0.15) is 0 Å². The number of aromatic nitrogens is 2. The summed E-state index contributed by atoms with van der Waals surface area (Å²) in [6.45, 7) is 4.53. The van der Waals surface area contributed by atoms with Crippen molar-refractivity contribution in [1.29, 1.82) is 0 Å². The number of fused-ring (bicyclic) bond motifs is 1. The number of hydrogen-bond acceptors (Lipinski definition) is 5. The molecular formula is C20H26N4O3. The molecule has 1 amide bonds. The summed E-state index contributed by atoms with van der Waals surface area (Å²) in [6, 6.07) is 5.78. The van der Waals surface area contributed by atoms with Crippen molar-refractivity contribution < 1.29 is 14.3 Å². The predicted octanol–water partition coefficient (Wildman–Crippen LogP) is 1.32. The van der Waals surface area contributed by atoms with E-state index in [-0.39, 0.29) is 11.8 Å². The fourth-order valence-corrected chi connectivity index (χ4v) is 3.79. The molecule has 1 aromatic heterocycles. The Morgan fingerprint density at radius 3 is 2.81 bits per heavy atom. The van der Waals surface area contributed by atoms with Crippen LogP contribution in [0.2, 0.25) is 0 Å². The van der Waals surface area contributed by atoms with E-state index in [1.165, 1.54) is 0 Å². The smallest absolute Gasteiger partial charge is 0.229 e. The Kier molecular flexibility index (Phi) is 5.03. The maximum atomic E-state index is 13.0. The van der Waals surface area contributed by atoms with Gasteiger partial charge in [-0.05, 0) is 30.2 Å². The van der Waals surface area contributed by atoms with Crippen molar-refractivity contribution in [1.82, 2.24) is 19.4 Å². The zero-order chi connectivity index (χ0) is 18.8. The first-order valence-corrected chi connectivity index (χ1v) is 9.41. The zero-order valence-corrected chi connectivity index (χ0v) is 15.9. The maximum Gasteiger partial charge on any atom is 0.229 e. The predicted molar refractivity (Wildman–Crippen MR) is 101 cm³/mol. The van der Waals surface area contributed by atoms with Crippen LogP contribution in [0.3, 0.4) is 0 Å². The minimum atomic E-state index is -0.120. The van der Waals surface area contributed by atoms with Crippen molar-refractivity contribution in [3.8, 4) is 11.5 Å². The van der Waals surface area contributed by atoms with Gasteiger partial charge in [0.15, 0.2) is 0 Å². The first kappa shape index (κ1) is 17.9. The first-order chi connectivity index (χ1) is 13.1. The average molecular weight is 370 g/mol. The molecule has 7 heteroatoms. The first-order valence-electron chi connectivity index (χ1n) is 9.41. The molecule has 144 valence electrons. The lowest BCUT2D eigenvalue weighted by Gasteiger charge is -2.37. The monoisotopic (exact) mass is 370 g/mol. The standard InChI is InChI=1S/C20H26N4O3/c1-22-6-5-21-19(22)13-23-7-9-24(10-8-23)20(25)16-11-15-12-17(26-2)3-4-18(15)27-14-16/h3-6,12,16H,7-11,13-14H2,1-2H3. The van der Waals surface area contributed by atoms with Crippen LogP contribution in [0.4, 0.5) is 0 Å². The molecule has 1 aromatic carbocycles. The van der Waals surface area contributed by atoms with Crippen molar-refractivity contribution in [3.63, 3.8) is 0 Å². The lowest BCUT2D eigenvalue weighted by Crippen LogP contribution is -2.51. The van der Waals surface area contributed by atoms with Crippen LogP contribution < -0.4 is 9.47 Å². The Morgan fingerprint density at radius 1 is 1.30 bits per heavy atom. The average Bonchev–Trinajstić information content (AvgIpc) is 3.11. The molecule has 7 nitrogen and oxygen atoms in total. The molecule has 0 spiro atoms. The molecular weight excluding hydrogens is 344 g/mol. The molecule has 1 atom stereocenters. The summed E-state index contributed by atoms with van der Waals surface area (Å²) in [4.78, 5) is 21.7. The molecule has 2 aliphatic heterocycles. The molecule has 0 bridgehead atoms. The molecule has 0 aliphatic carbocycles. The third kappa shape index (κ3) is 3.78. The number of ether oxygens (including phenoxy) is 2. The fraction of sp³-hybridized carbons (Fsp3) is 0.500. The van der Waals surface area contributed by atoms with E-state index in [1.807, 2.05) is 47.1 Å². The molecule has 3 heterocycles. The lowest BCUT2D eigenvalue weighted by atomic mass is 9.95. The van der Waals surface area contributed by atoms with E-state index in [4.69, 9.17) is 9.47 Å². The highest BCUT2D eigenvalue weighted by atomic mass is 16.5. The zero-order valence-electron chi connectivity index (χ0n) is 15.9. The molecule has 2 aromatic rings. The van der Waals surface area contributed by atoms with Gasteiger partial charge in [-0.15, -0.1) is 0 Å². The van der Waals surface area contributed by atoms with E-state index in [1.54, 1.807) is 7.11 Å². The number of piperazine rings is 1. The highest BCUT2D eigenvalue weighted by Gasteiger charge is 2.31. The molecule has 0 N–H and O–H groups in total. The Balaban J connectivity index is 1.33. The number of carbonyl (C=O) groups is 1. The van der Waals surface area contributed by atoms with Crippen LogP contribution in [0.25, 0.3) is 0 Å². The summed E-state index contributed by atoms with van der Waals surface area (Å²) in [6.07, 6.45) is 4.49. The third-order valence-corrected chi connectivity index (χ3v) is 5.49. The molecule has 4 rings (SSSR count).